The molecule has 0 saturated carbocycles. The van der Waals surface area contributed by atoms with Crippen molar-refractivity contribution in [2.24, 2.45) is 5.92 Å². The lowest BCUT2D eigenvalue weighted by Crippen LogP contribution is -2.24. The Kier molecular flexibility index (Phi) is 2.90. The summed E-state index contributed by atoms with van der Waals surface area (Å²) in [5, 5.41) is 0.601. The molecule has 0 fully saturated rings. The number of ether oxygens (including phenoxy) is 1. The zero-order chi connectivity index (χ0) is 10.8. The van der Waals surface area contributed by atoms with Crippen LogP contribution in [0.5, 0.6) is 0 Å². The summed E-state index contributed by atoms with van der Waals surface area (Å²) in [5.41, 5.74) is 6.70. The fourth-order valence-corrected chi connectivity index (χ4v) is 2.81. The number of aryl methyl sites for hydroxylation is 1. The summed E-state index contributed by atoms with van der Waals surface area (Å²) in [4.78, 5) is 16.9. The second-order valence-electron chi connectivity index (χ2n) is 3.61. The maximum Gasteiger partial charge on any atom is 0.309 e. The first-order chi connectivity index (χ1) is 7.20. The lowest BCUT2D eigenvalue weighted by molar-refractivity contribution is -0.148. The van der Waals surface area contributed by atoms with Gasteiger partial charge in [0.1, 0.15) is 0 Å². The van der Waals surface area contributed by atoms with E-state index in [1.54, 1.807) is 0 Å². The molecule has 82 valence electrons. The smallest absolute Gasteiger partial charge is 0.309 e. The summed E-state index contributed by atoms with van der Waals surface area (Å²) in [5.74, 6) is -0.0904. The number of nitrogens with zero attached hydrogens (tertiary/aromatic N) is 1. The van der Waals surface area contributed by atoms with Crippen molar-refractivity contribution in [1.29, 1.82) is 0 Å². The minimum atomic E-state index is -0.0879. The molecular formula is C10H14N2O2S. The van der Waals surface area contributed by atoms with Crippen molar-refractivity contribution < 1.29 is 9.53 Å². The first-order valence-corrected chi connectivity index (χ1v) is 5.93. The number of hydrogen-bond donors (Lipinski definition) is 1. The number of fused-ring (bicyclic) bond motifs is 1. The molecule has 1 aromatic rings. The van der Waals surface area contributed by atoms with Crippen LogP contribution in [0.2, 0.25) is 0 Å². The second-order valence-corrected chi connectivity index (χ2v) is 4.73. The minimum Gasteiger partial charge on any atom is -0.466 e. The number of anilines is 1. The van der Waals surface area contributed by atoms with E-state index in [1.807, 2.05) is 6.92 Å². The molecule has 0 bridgehead atoms. The Hall–Kier alpha value is -1.10. The van der Waals surface area contributed by atoms with Gasteiger partial charge < -0.3 is 10.5 Å². The summed E-state index contributed by atoms with van der Waals surface area (Å²) in [6.07, 6.45) is 2.41. The van der Waals surface area contributed by atoms with Gasteiger partial charge in [-0.15, -0.1) is 11.3 Å². The van der Waals surface area contributed by atoms with Crippen molar-refractivity contribution in [1.82, 2.24) is 4.98 Å². The van der Waals surface area contributed by atoms with Crippen LogP contribution in [0, 0.1) is 5.92 Å². The van der Waals surface area contributed by atoms with Gasteiger partial charge in [-0.2, -0.15) is 0 Å². The molecule has 1 aliphatic carbocycles. The van der Waals surface area contributed by atoms with Gasteiger partial charge in [0, 0.05) is 4.88 Å². The summed E-state index contributed by atoms with van der Waals surface area (Å²) in [7, 11) is 0. The van der Waals surface area contributed by atoms with Gasteiger partial charge >= 0.3 is 5.97 Å². The molecule has 0 unspecified atom stereocenters. The van der Waals surface area contributed by atoms with Crippen molar-refractivity contribution in [3.05, 3.63) is 10.6 Å². The van der Waals surface area contributed by atoms with Crippen molar-refractivity contribution in [3.63, 3.8) is 0 Å². The number of nitrogen functional groups attached to an aromatic ring is 1. The van der Waals surface area contributed by atoms with Crippen molar-refractivity contribution in [2.75, 3.05) is 12.3 Å². The highest BCUT2D eigenvalue weighted by Gasteiger charge is 2.27. The van der Waals surface area contributed by atoms with Crippen LogP contribution in [0.25, 0.3) is 0 Å². The highest BCUT2D eigenvalue weighted by molar-refractivity contribution is 7.15. The van der Waals surface area contributed by atoms with Crippen LogP contribution in [0.3, 0.4) is 0 Å². The van der Waals surface area contributed by atoms with Crippen LogP contribution >= 0.6 is 11.3 Å². The molecule has 2 rings (SSSR count). The van der Waals surface area contributed by atoms with Crippen LogP contribution < -0.4 is 5.73 Å². The Bertz CT molecular complexity index is 375. The number of aromatic nitrogens is 1. The summed E-state index contributed by atoms with van der Waals surface area (Å²) >= 11 is 1.49. The Labute approximate surface area is 92.5 Å². The second kappa shape index (κ2) is 4.18. The molecule has 0 spiro atoms. The van der Waals surface area contributed by atoms with Gasteiger partial charge in [-0.3, -0.25) is 4.79 Å². The summed E-state index contributed by atoms with van der Waals surface area (Å²) in [6.45, 7) is 2.28. The third-order valence-corrected chi connectivity index (χ3v) is 3.53. The SMILES string of the molecule is CCOC(=O)[C@@H]1CCc2nc(N)sc2C1. The third-order valence-electron chi connectivity index (χ3n) is 2.58. The van der Waals surface area contributed by atoms with Gasteiger partial charge in [0.25, 0.3) is 0 Å². The Morgan fingerprint density at radius 3 is 3.27 bits per heavy atom. The highest BCUT2D eigenvalue weighted by Crippen LogP contribution is 2.31. The van der Waals surface area contributed by atoms with Crippen LogP contribution in [0.1, 0.15) is 23.9 Å². The van der Waals surface area contributed by atoms with Crippen molar-refractivity contribution in [3.8, 4) is 0 Å². The van der Waals surface area contributed by atoms with Crippen LogP contribution in [-0.4, -0.2) is 17.6 Å². The zero-order valence-electron chi connectivity index (χ0n) is 8.66. The average Bonchev–Trinajstić information content (AvgIpc) is 2.57. The third kappa shape index (κ3) is 2.12. The molecule has 4 nitrogen and oxygen atoms in total. The lowest BCUT2D eigenvalue weighted by Gasteiger charge is -2.18. The Morgan fingerprint density at radius 1 is 1.73 bits per heavy atom. The van der Waals surface area contributed by atoms with Gasteiger partial charge in [-0.25, -0.2) is 4.98 Å². The highest BCUT2D eigenvalue weighted by atomic mass is 32.1. The maximum atomic E-state index is 11.5. The number of carbonyl (C=O) groups is 1. The molecule has 0 saturated heterocycles. The largest absolute Gasteiger partial charge is 0.466 e. The molecule has 1 atom stereocenters. The van der Waals surface area contributed by atoms with E-state index in [1.165, 1.54) is 11.3 Å². The maximum absolute atomic E-state index is 11.5. The predicted molar refractivity (Wildman–Crippen MR) is 58.7 cm³/mol. The normalized spacial score (nSPS) is 19.7. The summed E-state index contributed by atoms with van der Waals surface area (Å²) in [6, 6.07) is 0. The standard InChI is InChI=1S/C10H14N2O2S/c1-2-14-9(13)6-3-4-7-8(5-6)15-10(11)12-7/h6H,2-5H2,1H3,(H2,11,12)/t6-/m1/s1. The molecule has 15 heavy (non-hydrogen) atoms. The topological polar surface area (TPSA) is 65.2 Å². The number of nitrogens with two attached hydrogens (primary N) is 1. The van der Waals surface area contributed by atoms with E-state index in [4.69, 9.17) is 10.5 Å². The molecule has 0 radical (unpaired) electrons. The van der Waals surface area contributed by atoms with Gasteiger partial charge in [0.2, 0.25) is 0 Å². The Balaban J connectivity index is 2.08. The first-order valence-electron chi connectivity index (χ1n) is 5.11. The fraction of sp³-hybridized carbons (Fsp3) is 0.600. The van der Waals surface area contributed by atoms with E-state index in [9.17, 15) is 4.79 Å². The van der Waals surface area contributed by atoms with Crippen LogP contribution in [0.4, 0.5) is 5.13 Å². The first kappa shape index (κ1) is 10.4. The quantitative estimate of drug-likeness (QED) is 0.774. The molecule has 1 aliphatic rings. The van der Waals surface area contributed by atoms with E-state index in [0.29, 0.717) is 11.7 Å². The van der Waals surface area contributed by atoms with Gasteiger partial charge in [-0.05, 0) is 26.2 Å². The number of carbonyl (C=O) groups excluding carboxylic acids is 1. The molecule has 5 heteroatoms. The molecule has 1 aromatic heterocycles. The van der Waals surface area contributed by atoms with Gasteiger partial charge in [-0.1, -0.05) is 0 Å². The van der Waals surface area contributed by atoms with Crippen LogP contribution in [0.15, 0.2) is 0 Å². The van der Waals surface area contributed by atoms with Crippen molar-refractivity contribution in [2.45, 2.75) is 26.2 Å². The molecule has 2 N–H and O–H groups in total. The monoisotopic (exact) mass is 226 g/mol. The van der Waals surface area contributed by atoms with E-state index in [-0.39, 0.29) is 11.9 Å². The lowest BCUT2D eigenvalue weighted by atomic mass is 9.91. The molecule has 0 amide bonds. The molecule has 0 aliphatic heterocycles. The molecular weight excluding hydrogens is 212 g/mol. The van der Waals surface area contributed by atoms with Crippen LogP contribution in [-0.2, 0) is 22.4 Å². The predicted octanol–water partition coefficient (Wildman–Crippen LogP) is 1.39. The average molecular weight is 226 g/mol. The number of esters is 1. The van der Waals surface area contributed by atoms with Gasteiger partial charge in [0.15, 0.2) is 5.13 Å². The zero-order valence-corrected chi connectivity index (χ0v) is 9.47. The van der Waals surface area contributed by atoms with Gasteiger partial charge in [0.05, 0.1) is 18.2 Å². The Morgan fingerprint density at radius 2 is 2.53 bits per heavy atom. The fourth-order valence-electron chi connectivity index (χ4n) is 1.86. The number of hydrogen-bond acceptors (Lipinski definition) is 5. The van der Waals surface area contributed by atoms with E-state index >= 15 is 0 Å². The number of thiazole rings is 1. The molecule has 0 aromatic carbocycles. The number of rotatable bonds is 2. The van der Waals surface area contributed by atoms with E-state index in [0.717, 1.165) is 29.8 Å². The van der Waals surface area contributed by atoms with Crippen molar-refractivity contribution >= 4 is 22.4 Å². The van der Waals surface area contributed by atoms with E-state index < -0.39 is 0 Å². The molecule has 1 heterocycles. The summed E-state index contributed by atoms with van der Waals surface area (Å²) < 4.78 is 5.02. The minimum absolute atomic E-state index is 0.00250. The van der Waals surface area contributed by atoms with E-state index in [2.05, 4.69) is 4.98 Å².